The molecule has 0 spiro atoms. The van der Waals surface area contributed by atoms with E-state index in [2.05, 4.69) is 46.3 Å². The maximum Gasteiger partial charge on any atom is 0.123 e. The van der Waals surface area contributed by atoms with Crippen molar-refractivity contribution in [2.24, 2.45) is 0 Å². The lowest BCUT2D eigenvalue weighted by atomic mass is 10.2. The first-order valence-electron chi connectivity index (χ1n) is 6.00. The summed E-state index contributed by atoms with van der Waals surface area (Å²) in [5.74, 6) is -0.205. The van der Waals surface area contributed by atoms with Gasteiger partial charge >= 0.3 is 0 Å². The van der Waals surface area contributed by atoms with Gasteiger partial charge in [0.2, 0.25) is 0 Å². The molecule has 0 aliphatic rings. The largest absolute Gasteiger partial charge is 0.207 e. The number of thiophene rings is 2. The standard InChI is InChI=1S/C16H10BrFS2/c17-16-10-9-15(20-16)14-8-7-13(19-14)6-3-11-1-4-12(18)5-2-11/h1-10H/b6-3+. The van der Waals surface area contributed by atoms with Crippen molar-refractivity contribution in [3.63, 3.8) is 0 Å². The van der Waals surface area contributed by atoms with Gasteiger partial charge in [-0.2, -0.15) is 0 Å². The monoisotopic (exact) mass is 364 g/mol. The van der Waals surface area contributed by atoms with Crippen LogP contribution in [0.4, 0.5) is 4.39 Å². The molecule has 0 nitrogen and oxygen atoms in total. The fraction of sp³-hybridized carbons (Fsp3) is 0. The number of benzene rings is 1. The minimum Gasteiger partial charge on any atom is -0.207 e. The molecule has 3 rings (SSSR count). The molecule has 2 heterocycles. The molecule has 0 saturated heterocycles. The van der Waals surface area contributed by atoms with Crippen LogP contribution in [0.1, 0.15) is 10.4 Å². The highest BCUT2D eigenvalue weighted by Crippen LogP contribution is 2.36. The summed E-state index contributed by atoms with van der Waals surface area (Å²) < 4.78 is 14.0. The molecular weight excluding hydrogens is 355 g/mol. The Bertz CT molecular complexity index is 738. The molecule has 1 aromatic carbocycles. The van der Waals surface area contributed by atoms with Crippen LogP contribution in [0.2, 0.25) is 0 Å². The smallest absolute Gasteiger partial charge is 0.123 e. The minimum atomic E-state index is -0.205. The molecule has 0 bridgehead atoms. The molecule has 0 saturated carbocycles. The van der Waals surface area contributed by atoms with Crippen molar-refractivity contribution in [2.45, 2.75) is 0 Å². The fourth-order valence-corrected chi connectivity index (χ4v) is 4.16. The molecule has 0 amide bonds. The van der Waals surface area contributed by atoms with E-state index in [1.54, 1.807) is 34.8 Å². The summed E-state index contributed by atoms with van der Waals surface area (Å²) in [6.45, 7) is 0. The van der Waals surface area contributed by atoms with Crippen LogP contribution in [0.25, 0.3) is 21.9 Å². The van der Waals surface area contributed by atoms with Crippen LogP contribution in [0.5, 0.6) is 0 Å². The summed E-state index contributed by atoms with van der Waals surface area (Å²) in [4.78, 5) is 3.72. The van der Waals surface area contributed by atoms with Crippen molar-refractivity contribution in [3.05, 3.63) is 68.6 Å². The zero-order valence-electron chi connectivity index (χ0n) is 10.3. The van der Waals surface area contributed by atoms with Crippen molar-refractivity contribution in [2.75, 3.05) is 0 Å². The molecule has 2 aromatic heterocycles. The number of rotatable bonds is 3. The third-order valence-electron chi connectivity index (χ3n) is 2.75. The zero-order chi connectivity index (χ0) is 13.9. The van der Waals surface area contributed by atoms with E-state index in [-0.39, 0.29) is 5.82 Å². The van der Waals surface area contributed by atoms with E-state index in [1.165, 1.54) is 26.8 Å². The van der Waals surface area contributed by atoms with E-state index < -0.39 is 0 Å². The molecule has 0 radical (unpaired) electrons. The van der Waals surface area contributed by atoms with Gasteiger partial charge in [0.05, 0.1) is 3.79 Å². The van der Waals surface area contributed by atoms with Crippen molar-refractivity contribution < 1.29 is 4.39 Å². The summed E-state index contributed by atoms with van der Waals surface area (Å²) >= 11 is 6.96. The lowest BCUT2D eigenvalue weighted by molar-refractivity contribution is 0.628. The van der Waals surface area contributed by atoms with Gasteiger partial charge in [0.15, 0.2) is 0 Å². The Morgan fingerprint density at radius 3 is 2.20 bits per heavy atom. The second-order valence-electron chi connectivity index (χ2n) is 4.19. The fourth-order valence-electron chi connectivity index (χ4n) is 1.77. The van der Waals surface area contributed by atoms with Crippen molar-refractivity contribution in [1.29, 1.82) is 0 Å². The predicted molar refractivity (Wildman–Crippen MR) is 90.7 cm³/mol. The Labute approximate surface area is 133 Å². The summed E-state index contributed by atoms with van der Waals surface area (Å²) in [7, 11) is 0. The molecule has 0 fully saturated rings. The van der Waals surface area contributed by atoms with E-state index in [0.29, 0.717) is 0 Å². The third kappa shape index (κ3) is 3.26. The minimum absolute atomic E-state index is 0.205. The predicted octanol–water partition coefficient (Wildman–Crippen LogP) is 6.55. The molecule has 3 aromatic rings. The average molecular weight is 365 g/mol. The molecule has 0 aliphatic carbocycles. The SMILES string of the molecule is Fc1ccc(/C=C/c2ccc(-c3ccc(Br)s3)s2)cc1. The Hall–Kier alpha value is -1.23. The highest BCUT2D eigenvalue weighted by Gasteiger charge is 2.03. The number of halogens is 2. The second-order valence-corrected chi connectivity index (χ2v) is 7.77. The van der Waals surface area contributed by atoms with Crippen molar-refractivity contribution >= 4 is 50.8 Å². The summed E-state index contributed by atoms with van der Waals surface area (Å²) in [5, 5.41) is 0. The van der Waals surface area contributed by atoms with Gasteiger partial charge in [-0.15, -0.1) is 22.7 Å². The summed E-state index contributed by atoms with van der Waals surface area (Å²) in [5.41, 5.74) is 1.00. The Kier molecular flexibility index (Phi) is 4.15. The maximum atomic E-state index is 12.8. The highest BCUT2D eigenvalue weighted by molar-refractivity contribution is 9.11. The first kappa shape index (κ1) is 13.7. The zero-order valence-corrected chi connectivity index (χ0v) is 13.6. The van der Waals surface area contributed by atoms with E-state index in [1.807, 2.05) is 6.08 Å². The molecule has 0 N–H and O–H groups in total. The first-order chi connectivity index (χ1) is 9.70. The highest BCUT2D eigenvalue weighted by atomic mass is 79.9. The summed E-state index contributed by atoms with van der Waals surface area (Å²) in [6, 6.07) is 14.9. The second kappa shape index (κ2) is 6.04. The topological polar surface area (TPSA) is 0 Å². The van der Waals surface area contributed by atoms with Crippen molar-refractivity contribution in [1.82, 2.24) is 0 Å². The molecule has 100 valence electrons. The van der Waals surface area contributed by atoms with E-state index >= 15 is 0 Å². The lowest BCUT2D eigenvalue weighted by Gasteiger charge is -1.92. The van der Waals surface area contributed by atoms with Crippen LogP contribution in [0.15, 0.2) is 52.3 Å². The molecule has 4 heteroatoms. The molecule has 0 aliphatic heterocycles. The molecule has 20 heavy (non-hydrogen) atoms. The van der Waals surface area contributed by atoms with Gasteiger partial charge in [0.1, 0.15) is 5.82 Å². The maximum absolute atomic E-state index is 12.8. The normalized spacial score (nSPS) is 11.3. The summed E-state index contributed by atoms with van der Waals surface area (Å²) in [6.07, 6.45) is 4.06. The van der Waals surface area contributed by atoms with Crippen LogP contribution in [-0.2, 0) is 0 Å². The molecule has 0 unspecified atom stereocenters. The van der Waals surface area contributed by atoms with Crippen LogP contribution >= 0.6 is 38.6 Å². The van der Waals surface area contributed by atoms with Gasteiger partial charge in [-0.3, -0.25) is 0 Å². The van der Waals surface area contributed by atoms with Crippen LogP contribution in [-0.4, -0.2) is 0 Å². The van der Waals surface area contributed by atoms with Crippen LogP contribution in [0, 0.1) is 5.82 Å². The van der Waals surface area contributed by atoms with E-state index in [0.717, 1.165) is 9.35 Å². The number of hydrogen-bond donors (Lipinski definition) is 0. The lowest BCUT2D eigenvalue weighted by Crippen LogP contribution is -1.73. The first-order valence-corrected chi connectivity index (χ1v) is 8.42. The van der Waals surface area contributed by atoms with Gasteiger partial charge in [-0.25, -0.2) is 4.39 Å². The van der Waals surface area contributed by atoms with Gasteiger partial charge in [-0.05, 0) is 64.0 Å². The Morgan fingerprint density at radius 1 is 0.800 bits per heavy atom. The third-order valence-corrected chi connectivity index (χ3v) is 5.62. The van der Waals surface area contributed by atoms with E-state index in [9.17, 15) is 4.39 Å². The van der Waals surface area contributed by atoms with Crippen LogP contribution < -0.4 is 0 Å². The van der Waals surface area contributed by atoms with Gasteiger partial charge in [-0.1, -0.05) is 18.2 Å². The van der Waals surface area contributed by atoms with E-state index in [4.69, 9.17) is 0 Å². The number of hydrogen-bond acceptors (Lipinski definition) is 2. The Balaban J connectivity index is 1.78. The van der Waals surface area contributed by atoms with Gasteiger partial charge < -0.3 is 0 Å². The van der Waals surface area contributed by atoms with Gasteiger partial charge in [0, 0.05) is 14.6 Å². The quantitative estimate of drug-likeness (QED) is 0.494. The van der Waals surface area contributed by atoms with Gasteiger partial charge in [0.25, 0.3) is 0 Å². The average Bonchev–Trinajstić information content (AvgIpc) is 3.07. The van der Waals surface area contributed by atoms with Crippen molar-refractivity contribution in [3.8, 4) is 9.75 Å². The Morgan fingerprint density at radius 2 is 1.50 bits per heavy atom. The molecular formula is C16H10BrFS2. The van der Waals surface area contributed by atoms with Crippen LogP contribution in [0.3, 0.4) is 0 Å². The molecule has 0 atom stereocenters.